The molecule has 3 heteroatoms. The molecule has 3 nitrogen and oxygen atoms in total. The molecule has 0 aliphatic rings. The fourth-order valence-corrected chi connectivity index (χ4v) is 1.51. The first-order chi connectivity index (χ1) is 8.76. The van der Waals surface area contributed by atoms with Crippen molar-refractivity contribution in [2.75, 3.05) is 0 Å². The lowest BCUT2D eigenvalue weighted by Crippen LogP contribution is -2.34. The number of carbonyl (C=O) groups is 1. The number of nitrogens with one attached hydrogen (secondary N) is 1. The third-order valence-electron chi connectivity index (χ3n) is 2.55. The van der Waals surface area contributed by atoms with E-state index in [2.05, 4.69) is 18.2 Å². The minimum absolute atomic E-state index is 0.242. The average Bonchev–Trinajstić information content (AvgIpc) is 2.42. The number of hydrogen-bond acceptors (Lipinski definition) is 2. The number of rotatable bonds is 6. The van der Waals surface area contributed by atoms with Gasteiger partial charge in [0.1, 0.15) is 6.61 Å². The summed E-state index contributed by atoms with van der Waals surface area (Å²) in [6.07, 6.45) is 7.72. The van der Waals surface area contributed by atoms with E-state index in [9.17, 15) is 4.79 Å². The second kappa shape index (κ2) is 8.19. The zero-order chi connectivity index (χ0) is 13.2. The average molecular weight is 245 g/mol. The number of amides is 1. The predicted molar refractivity (Wildman–Crippen MR) is 71.9 cm³/mol. The Bertz CT molecular complexity index is 395. The maximum atomic E-state index is 11.5. The summed E-state index contributed by atoms with van der Waals surface area (Å²) in [5, 5.41) is 2.67. The van der Waals surface area contributed by atoms with Gasteiger partial charge < -0.3 is 10.1 Å². The number of ether oxygens (including phenoxy) is 1. The summed E-state index contributed by atoms with van der Waals surface area (Å²) in [4.78, 5) is 11.5. The number of alkyl carbamates (subject to hydrolysis) is 1. The van der Waals surface area contributed by atoms with Gasteiger partial charge in [-0.3, -0.25) is 0 Å². The van der Waals surface area contributed by atoms with Gasteiger partial charge in [-0.1, -0.05) is 56.0 Å². The fraction of sp³-hybridized carbons (Fsp3) is 0.400. The molecule has 0 fully saturated rings. The maximum absolute atomic E-state index is 11.5. The highest BCUT2D eigenvalue weighted by Gasteiger charge is 2.09. The van der Waals surface area contributed by atoms with E-state index in [0.29, 0.717) is 0 Å². The van der Waals surface area contributed by atoms with Crippen LogP contribution in [0.2, 0.25) is 0 Å². The van der Waals surface area contributed by atoms with E-state index in [1.54, 1.807) is 0 Å². The zero-order valence-electron chi connectivity index (χ0n) is 10.7. The van der Waals surface area contributed by atoms with E-state index in [-0.39, 0.29) is 12.6 Å². The maximum Gasteiger partial charge on any atom is 0.408 e. The van der Waals surface area contributed by atoms with Crippen molar-refractivity contribution in [2.45, 2.75) is 38.8 Å². The topological polar surface area (TPSA) is 38.3 Å². The van der Waals surface area contributed by atoms with Crippen LogP contribution < -0.4 is 5.32 Å². The van der Waals surface area contributed by atoms with Gasteiger partial charge in [0.2, 0.25) is 0 Å². The fourth-order valence-electron chi connectivity index (χ4n) is 1.51. The van der Waals surface area contributed by atoms with Crippen molar-refractivity contribution in [1.29, 1.82) is 0 Å². The molecule has 1 aromatic carbocycles. The van der Waals surface area contributed by atoms with Gasteiger partial charge in [-0.05, 0) is 12.0 Å². The molecule has 0 saturated carbocycles. The first-order valence-corrected chi connectivity index (χ1v) is 6.19. The summed E-state index contributed by atoms with van der Waals surface area (Å²) in [6, 6.07) is 9.30. The Morgan fingerprint density at radius 1 is 1.44 bits per heavy atom. The van der Waals surface area contributed by atoms with Crippen molar-refractivity contribution in [3.05, 3.63) is 35.9 Å². The van der Waals surface area contributed by atoms with E-state index in [0.717, 1.165) is 24.8 Å². The summed E-state index contributed by atoms with van der Waals surface area (Å²) in [7, 11) is 0. The quantitative estimate of drug-likeness (QED) is 0.782. The molecule has 1 atom stereocenters. The molecular weight excluding hydrogens is 226 g/mol. The number of hydrogen-bond donors (Lipinski definition) is 1. The molecule has 0 radical (unpaired) electrons. The Balaban J connectivity index is 2.30. The van der Waals surface area contributed by atoms with Crippen LogP contribution in [0.4, 0.5) is 4.79 Å². The largest absolute Gasteiger partial charge is 0.445 e. The lowest BCUT2D eigenvalue weighted by molar-refractivity contribution is 0.137. The lowest BCUT2D eigenvalue weighted by Gasteiger charge is -2.12. The summed E-state index contributed by atoms with van der Waals surface area (Å²) in [6.45, 7) is 2.35. The molecule has 0 heterocycles. The molecule has 1 N–H and O–H groups in total. The van der Waals surface area contributed by atoms with Gasteiger partial charge >= 0.3 is 6.09 Å². The van der Waals surface area contributed by atoms with Gasteiger partial charge in [0.05, 0.1) is 6.04 Å². The molecule has 0 bridgehead atoms. The Morgan fingerprint density at radius 3 is 2.78 bits per heavy atom. The summed E-state index contributed by atoms with van der Waals surface area (Å²) < 4.78 is 5.09. The van der Waals surface area contributed by atoms with Crippen molar-refractivity contribution < 1.29 is 9.53 Å². The molecule has 1 amide bonds. The van der Waals surface area contributed by atoms with Crippen LogP contribution in [0, 0.1) is 12.3 Å². The first-order valence-electron chi connectivity index (χ1n) is 6.19. The minimum atomic E-state index is -0.460. The minimum Gasteiger partial charge on any atom is -0.445 e. The SMILES string of the molecule is C#C[C@H](CCCC)NC(=O)OCc1ccccc1. The molecule has 0 unspecified atom stereocenters. The highest BCUT2D eigenvalue weighted by Crippen LogP contribution is 2.02. The van der Waals surface area contributed by atoms with Gasteiger partial charge in [0, 0.05) is 0 Å². The van der Waals surface area contributed by atoms with Crippen LogP contribution in [0.15, 0.2) is 30.3 Å². The summed E-state index contributed by atoms with van der Waals surface area (Å²) in [5.74, 6) is 2.55. The van der Waals surface area contributed by atoms with Crippen LogP contribution in [0.1, 0.15) is 31.7 Å². The Kier molecular flexibility index (Phi) is 6.42. The van der Waals surface area contributed by atoms with Gasteiger partial charge in [-0.25, -0.2) is 4.79 Å². The third kappa shape index (κ3) is 5.40. The smallest absolute Gasteiger partial charge is 0.408 e. The van der Waals surface area contributed by atoms with Crippen molar-refractivity contribution in [1.82, 2.24) is 5.32 Å². The normalized spacial score (nSPS) is 11.3. The number of unbranched alkanes of at least 4 members (excludes halogenated alkanes) is 1. The third-order valence-corrected chi connectivity index (χ3v) is 2.55. The van der Waals surface area contributed by atoms with Crippen LogP contribution in [-0.2, 0) is 11.3 Å². The van der Waals surface area contributed by atoms with Crippen LogP contribution in [-0.4, -0.2) is 12.1 Å². The van der Waals surface area contributed by atoms with E-state index in [4.69, 9.17) is 11.2 Å². The van der Waals surface area contributed by atoms with Gasteiger partial charge in [0.15, 0.2) is 0 Å². The number of benzene rings is 1. The second-order valence-electron chi connectivity index (χ2n) is 4.07. The summed E-state index contributed by atoms with van der Waals surface area (Å²) in [5.41, 5.74) is 0.957. The molecule has 0 aliphatic heterocycles. The Morgan fingerprint density at radius 2 is 2.17 bits per heavy atom. The zero-order valence-corrected chi connectivity index (χ0v) is 10.7. The number of terminal acetylenes is 1. The number of carbonyl (C=O) groups excluding carboxylic acids is 1. The highest BCUT2D eigenvalue weighted by atomic mass is 16.5. The van der Waals surface area contributed by atoms with E-state index in [1.807, 2.05) is 30.3 Å². The molecule has 1 aromatic rings. The molecular formula is C15H19NO2. The highest BCUT2D eigenvalue weighted by molar-refractivity contribution is 5.68. The monoisotopic (exact) mass is 245 g/mol. The van der Waals surface area contributed by atoms with Gasteiger partial charge in [0.25, 0.3) is 0 Å². The molecule has 1 rings (SSSR count). The van der Waals surface area contributed by atoms with Crippen LogP contribution in [0.5, 0.6) is 0 Å². The molecule has 0 aromatic heterocycles. The molecule has 0 saturated heterocycles. The van der Waals surface area contributed by atoms with Crippen molar-refractivity contribution in [3.63, 3.8) is 0 Å². The van der Waals surface area contributed by atoms with Gasteiger partial charge in [-0.2, -0.15) is 0 Å². The van der Waals surface area contributed by atoms with Crippen molar-refractivity contribution >= 4 is 6.09 Å². The van der Waals surface area contributed by atoms with Crippen molar-refractivity contribution in [2.24, 2.45) is 0 Å². The van der Waals surface area contributed by atoms with E-state index >= 15 is 0 Å². The Labute approximate surface area is 109 Å². The van der Waals surface area contributed by atoms with Crippen LogP contribution in [0.25, 0.3) is 0 Å². The molecule has 96 valence electrons. The molecule has 0 spiro atoms. The van der Waals surface area contributed by atoms with Crippen LogP contribution in [0.3, 0.4) is 0 Å². The van der Waals surface area contributed by atoms with Gasteiger partial charge in [-0.15, -0.1) is 6.42 Å². The molecule has 18 heavy (non-hydrogen) atoms. The van der Waals surface area contributed by atoms with Crippen molar-refractivity contribution in [3.8, 4) is 12.3 Å². The van der Waals surface area contributed by atoms with E-state index in [1.165, 1.54) is 0 Å². The van der Waals surface area contributed by atoms with Crippen LogP contribution >= 0.6 is 0 Å². The molecule has 0 aliphatic carbocycles. The standard InChI is InChI=1S/C15H19NO2/c1-3-5-11-14(4-2)16-15(17)18-12-13-9-7-6-8-10-13/h2,6-10,14H,3,5,11-12H2,1H3,(H,16,17)/t14-/m1/s1. The Hall–Kier alpha value is -1.95. The summed E-state index contributed by atoms with van der Waals surface area (Å²) >= 11 is 0. The second-order valence-corrected chi connectivity index (χ2v) is 4.07. The predicted octanol–water partition coefficient (Wildman–Crippen LogP) is 3.10. The first kappa shape index (κ1) is 14.1. The lowest BCUT2D eigenvalue weighted by atomic mass is 10.1. The van der Waals surface area contributed by atoms with E-state index < -0.39 is 6.09 Å².